The van der Waals surface area contributed by atoms with Crippen LogP contribution >= 0.6 is 15.9 Å². The maximum Gasteiger partial charge on any atom is 0.227 e. The molecule has 1 aliphatic rings. The highest BCUT2D eigenvalue weighted by atomic mass is 79.9. The van der Waals surface area contributed by atoms with E-state index in [0.29, 0.717) is 11.3 Å². The number of anilines is 1. The summed E-state index contributed by atoms with van der Waals surface area (Å²) in [5.74, 6) is 0.864. The number of carbonyl (C=O) groups is 1. The van der Waals surface area contributed by atoms with E-state index in [2.05, 4.69) is 34.2 Å². The first kappa shape index (κ1) is 14.1. The Morgan fingerprint density at radius 2 is 2.05 bits per heavy atom. The van der Waals surface area contributed by atoms with E-state index >= 15 is 0 Å². The van der Waals surface area contributed by atoms with Crippen LogP contribution in [0.25, 0.3) is 0 Å². The van der Waals surface area contributed by atoms with Gasteiger partial charge in [0.2, 0.25) is 5.91 Å². The molecule has 1 aromatic rings. The number of nitrogens with one attached hydrogen (secondary N) is 1. The standard InChI is InChI=1S/C15H17BrN2O/c1-10-2-4-11(5-3-10)15(19)18-14-7-6-13(16)8-12(14)9-17/h6-8,10-11H,2-5H2,1H3,(H,18,19). The summed E-state index contributed by atoms with van der Waals surface area (Å²) in [7, 11) is 0. The molecule has 19 heavy (non-hydrogen) atoms. The molecular formula is C15H17BrN2O. The van der Waals surface area contributed by atoms with Crippen molar-refractivity contribution in [2.45, 2.75) is 32.6 Å². The third kappa shape index (κ3) is 3.57. The molecule has 0 heterocycles. The average Bonchev–Trinajstić information content (AvgIpc) is 2.41. The lowest BCUT2D eigenvalue weighted by Gasteiger charge is -2.25. The van der Waals surface area contributed by atoms with Crippen LogP contribution in [0.2, 0.25) is 0 Å². The van der Waals surface area contributed by atoms with E-state index < -0.39 is 0 Å². The number of benzene rings is 1. The zero-order chi connectivity index (χ0) is 13.8. The molecule has 0 radical (unpaired) electrons. The Morgan fingerprint density at radius 1 is 1.37 bits per heavy atom. The van der Waals surface area contributed by atoms with Gasteiger partial charge in [0, 0.05) is 10.4 Å². The van der Waals surface area contributed by atoms with Gasteiger partial charge in [0.25, 0.3) is 0 Å². The molecule has 1 amide bonds. The first-order valence-electron chi connectivity index (χ1n) is 6.60. The molecule has 0 saturated heterocycles. The van der Waals surface area contributed by atoms with Crippen molar-refractivity contribution < 1.29 is 4.79 Å². The van der Waals surface area contributed by atoms with Crippen LogP contribution in [0, 0.1) is 23.2 Å². The van der Waals surface area contributed by atoms with E-state index in [1.165, 1.54) is 0 Å². The molecule has 3 nitrogen and oxygen atoms in total. The summed E-state index contributed by atoms with van der Waals surface area (Å²) in [5.41, 5.74) is 1.10. The predicted molar refractivity (Wildman–Crippen MR) is 78.6 cm³/mol. The van der Waals surface area contributed by atoms with Gasteiger partial charge >= 0.3 is 0 Å². The molecule has 0 unspecified atom stereocenters. The van der Waals surface area contributed by atoms with Crippen molar-refractivity contribution in [3.63, 3.8) is 0 Å². The highest BCUT2D eigenvalue weighted by Gasteiger charge is 2.24. The van der Waals surface area contributed by atoms with Gasteiger partial charge < -0.3 is 5.32 Å². The quantitative estimate of drug-likeness (QED) is 0.892. The fraction of sp³-hybridized carbons (Fsp3) is 0.467. The first-order valence-corrected chi connectivity index (χ1v) is 7.40. The van der Waals surface area contributed by atoms with E-state index in [0.717, 1.165) is 36.1 Å². The number of amides is 1. The summed E-state index contributed by atoms with van der Waals surface area (Å²) < 4.78 is 0.841. The second-order valence-electron chi connectivity index (χ2n) is 5.25. The number of halogens is 1. The lowest BCUT2D eigenvalue weighted by atomic mass is 9.82. The van der Waals surface area contributed by atoms with Gasteiger partial charge in [-0.15, -0.1) is 0 Å². The summed E-state index contributed by atoms with van der Waals surface area (Å²) in [4.78, 5) is 12.2. The summed E-state index contributed by atoms with van der Waals surface area (Å²) >= 11 is 3.32. The maximum atomic E-state index is 12.2. The second kappa shape index (κ2) is 6.21. The van der Waals surface area contributed by atoms with Crippen molar-refractivity contribution in [1.82, 2.24) is 0 Å². The Hall–Kier alpha value is -1.34. The van der Waals surface area contributed by atoms with Crippen LogP contribution in [0.1, 0.15) is 38.2 Å². The summed E-state index contributed by atoms with van der Waals surface area (Å²) in [6.45, 7) is 2.23. The number of nitriles is 1. The van der Waals surface area contributed by atoms with Crippen molar-refractivity contribution in [1.29, 1.82) is 5.26 Å². The second-order valence-corrected chi connectivity index (χ2v) is 6.16. The van der Waals surface area contributed by atoms with Crippen molar-refractivity contribution in [2.75, 3.05) is 5.32 Å². The van der Waals surface area contributed by atoms with Crippen LogP contribution in [-0.4, -0.2) is 5.91 Å². The van der Waals surface area contributed by atoms with Gasteiger partial charge in [-0.3, -0.25) is 4.79 Å². The summed E-state index contributed by atoms with van der Waals surface area (Å²) in [6.07, 6.45) is 4.13. The van der Waals surface area contributed by atoms with Crippen LogP contribution in [0.5, 0.6) is 0 Å². The maximum absolute atomic E-state index is 12.2. The van der Waals surface area contributed by atoms with Crippen molar-refractivity contribution >= 4 is 27.5 Å². The number of hydrogen-bond donors (Lipinski definition) is 1. The van der Waals surface area contributed by atoms with Crippen molar-refractivity contribution in [2.24, 2.45) is 11.8 Å². The van der Waals surface area contributed by atoms with Crippen LogP contribution in [-0.2, 0) is 4.79 Å². The summed E-state index contributed by atoms with van der Waals surface area (Å²) in [5, 5.41) is 12.0. The Labute approximate surface area is 122 Å². The van der Waals surface area contributed by atoms with Crippen molar-refractivity contribution in [3.8, 4) is 6.07 Å². The van der Waals surface area contributed by atoms with E-state index in [9.17, 15) is 4.79 Å². The average molecular weight is 321 g/mol. The molecule has 4 heteroatoms. The molecule has 1 aromatic carbocycles. The fourth-order valence-corrected chi connectivity index (χ4v) is 2.84. The molecule has 1 aliphatic carbocycles. The first-order chi connectivity index (χ1) is 9.10. The zero-order valence-corrected chi connectivity index (χ0v) is 12.5. The van der Waals surface area contributed by atoms with Crippen LogP contribution in [0.3, 0.4) is 0 Å². The normalized spacial score (nSPS) is 22.6. The number of hydrogen-bond acceptors (Lipinski definition) is 2. The SMILES string of the molecule is CC1CCC(C(=O)Nc2ccc(Br)cc2C#N)CC1. The Bertz CT molecular complexity index is 513. The van der Waals surface area contributed by atoms with E-state index in [1.807, 2.05) is 6.07 Å². The van der Waals surface area contributed by atoms with Gasteiger partial charge in [0.15, 0.2) is 0 Å². The molecule has 1 N–H and O–H groups in total. The monoisotopic (exact) mass is 320 g/mol. The van der Waals surface area contributed by atoms with Gasteiger partial charge in [-0.1, -0.05) is 22.9 Å². The molecule has 0 aliphatic heterocycles. The minimum absolute atomic E-state index is 0.0470. The van der Waals surface area contributed by atoms with Crippen LogP contribution < -0.4 is 5.32 Å². The molecule has 0 spiro atoms. The highest BCUT2D eigenvalue weighted by Crippen LogP contribution is 2.29. The van der Waals surface area contributed by atoms with Crippen molar-refractivity contribution in [3.05, 3.63) is 28.2 Å². The number of carbonyl (C=O) groups excluding carboxylic acids is 1. The zero-order valence-electron chi connectivity index (χ0n) is 10.9. The van der Waals surface area contributed by atoms with Gasteiger partial charge in [0.1, 0.15) is 6.07 Å². The third-order valence-corrected chi connectivity index (χ3v) is 4.24. The molecular weight excluding hydrogens is 304 g/mol. The summed E-state index contributed by atoms with van der Waals surface area (Å²) in [6, 6.07) is 7.43. The van der Waals surface area contributed by atoms with E-state index in [1.54, 1.807) is 12.1 Å². The lowest BCUT2D eigenvalue weighted by Crippen LogP contribution is -2.26. The number of rotatable bonds is 2. The Morgan fingerprint density at radius 3 is 2.68 bits per heavy atom. The van der Waals surface area contributed by atoms with Gasteiger partial charge in [-0.2, -0.15) is 5.26 Å². The molecule has 2 rings (SSSR count). The minimum Gasteiger partial charge on any atom is -0.325 e. The molecule has 1 saturated carbocycles. The smallest absolute Gasteiger partial charge is 0.227 e. The van der Waals surface area contributed by atoms with Gasteiger partial charge in [0.05, 0.1) is 11.3 Å². The molecule has 0 bridgehead atoms. The van der Waals surface area contributed by atoms with Crippen LogP contribution in [0.4, 0.5) is 5.69 Å². The van der Waals surface area contributed by atoms with Gasteiger partial charge in [-0.25, -0.2) is 0 Å². The van der Waals surface area contributed by atoms with E-state index in [4.69, 9.17) is 5.26 Å². The predicted octanol–water partition coefficient (Wildman–Crippen LogP) is 4.09. The Balaban J connectivity index is 2.05. The Kier molecular flexibility index (Phi) is 4.60. The molecule has 100 valence electrons. The van der Waals surface area contributed by atoms with E-state index in [-0.39, 0.29) is 11.8 Å². The topological polar surface area (TPSA) is 52.9 Å². The molecule has 1 fully saturated rings. The fourth-order valence-electron chi connectivity index (χ4n) is 2.48. The number of nitrogens with zero attached hydrogens (tertiary/aromatic N) is 1. The lowest BCUT2D eigenvalue weighted by molar-refractivity contribution is -0.121. The van der Waals surface area contributed by atoms with Gasteiger partial charge in [-0.05, 0) is 49.8 Å². The van der Waals surface area contributed by atoms with Crippen LogP contribution in [0.15, 0.2) is 22.7 Å². The highest BCUT2D eigenvalue weighted by molar-refractivity contribution is 9.10. The molecule has 0 aromatic heterocycles. The third-order valence-electron chi connectivity index (χ3n) is 3.75. The largest absolute Gasteiger partial charge is 0.325 e. The molecule has 0 atom stereocenters. The minimum atomic E-state index is 0.0470.